The number of amides is 2. The van der Waals surface area contributed by atoms with Crippen molar-refractivity contribution in [2.75, 3.05) is 19.5 Å². The second-order valence-corrected chi connectivity index (χ2v) is 12.6. The number of hydrazone groups is 1. The predicted molar refractivity (Wildman–Crippen MR) is 186 cm³/mol. The second-order valence-electron chi connectivity index (χ2n) is 10.7. The molecule has 2 aromatic heterocycles. The number of benzene rings is 3. The molecule has 3 heterocycles. The third-order valence-corrected chi connectivity index (χ3v) is 9.48. The van der Waals surface area contributed by atoms with Gasteiger partial charge >= 0.3 is 0 Å². The molecule has 1 atom stereocenters. The summed E-state index contributed by atoms with van der Waals surface area (Å²) in [5.74, 6) is 1.23. The predicted octanol–water partition coefficient (Wildman–Crippen LogP) is 6.04. The van der Waals surface area contributed by atoms with Crippen molar-refractivity contribution in [3.8, 4) is 17.2 Å². The third kappa shape index (κ3) is 7.63. The van der Waals surface area contributed by atoms with Gasteiger partial charge in [-0.3, -0.25) is 24.3 Å². The molecule has 2 amide bonds. The van der Waals surface area contributed by atoms with Gasteiger partial charge in [0.2, 0.25) is 0 Å². The van der Waals surface area contributed by atoms with Gasteiger partial charge in [0.05, 0.1) is 47.6 Å². The van der Waals surface area contributed by atoms with Crippen molar-refractivity contribution in [3.63, 3.8) is 0 Å². The van der Waals surface area contributed by atoms with Gasteiger partial charge in [0, 0.05) is 29.8 Å². The first-order valence-electron chi connectivity index (χ1n) is 15.2. The number of thiophene rings is 1. The van der Waals surface area contributed by atoms with Crippen LogP contribution >= 0.6 is 23.1 Å². The number of nitrogens with zero attached hydrogens (tertiary/aromatic N) is 6. The first-order chi connectivity index (χ1) is 23.8. The van der Waals surface area contributed by atoms with E-state index in [0.29, 0.717) is 35.4 Å². The highest BCUT2D eigenvalue weighted by Gasteiger charge is 2.34. The summed E-state index contributed by atoms with van der Waals surface area (Å²) < 4.78 is 12.7. The van der Waals surface area contributed by atoms with Crippen molar-refractivity contribution in [3.05, 3.63) is 122 Å². The first kappa shape index (κ1) is 33.4. The molecule has 15 heteroatoms. The van der Waals surface area contributed by atoms with Gasteiger partial charge in [-0.1, -0.05) is 30.0 Å². The molecule has 0 spiro atoms. The monoisotopic (exact) mass is 697 g/mol. The molecular formula is C34H31N7O6S2. The number of nitro benzene ring substituents is 1. The van der Waals surface area contributed by atoms with E-state index in [1.54, 1.807) is 28.0 Å². The molecule has 3 aromatic carbocycles. The number of non-ortho nitro benzene ring substituents is 1. The lowest BCUT2D eigenvalue weighted by Gasteiger charge is -2.22. The lowest BCUT2D eigenvalue weighted by atomic mass is 10.0. The summed E-state index contributed by atoms with van der Waals surface area (Å²) >= 11 is 2.79. The molecule has 0 fully saturated rings. The van der Waals surface area contributed by atoms with Gasteiger partial charge in [0.25, 0.3) is 17.5 Å². The number of aromatic nitrogens is 3. The van der Waals surface area contributed by atoms with Crippen molar-refractivity contribution in [1.82, 2.24) is 25.1 Å². The van der Waals surface area contributed by atoms with Crippen LogP contribution in [0.25, 0.3) is 5.69 Å². The van der Waals surface area contributed by atoms with E-state index in [4.69, 9.17) is 14.6 Å². The standard InChI is InChI=1S/C34H31N7O6S2/c1-3-47-27-16-12-24(13-17-27)39-31(20-35-33(43)23-6-10-25(11-7-23)41(44)45)36-37-34(39)49-21-32(42)40-29(22-8-14-26(46-2)15-9-22)19-28(38-40)30-5-4-18-48-30/h4-18,29H,3,19-21H2,1-2H3,(H,35,43)/t29-/m1/s1. The number of carbonyl (C=O) groups excluding carboxylic acids is 2. The number of carbonyl (C=O) groups is 2. The van der Waals surface area contributed by atoms with E-state index in [1.165, 1.54) is 36.0 Å². The molecule has 0 aliphatic carbocycles. The Kier molecular flexibility index (Phi) is 10.3. The van der Waals surface area contributed by atoms with E-state index in [0.717, 1.165) is 21.9 Å². The highest BCUT2D eigenvalue weighted by Crippen LogP contribution is 2.35. The molecule has 0 saturated carbocycles. The molecule has 13 nitrogen and oxygen atoms in total. The Morgan fingerprint density at radius 1 is 1.02 bits per heavy atom. The molecule has 1 aliphatic heterocycles. The van der Waals surface area contributed by atoms with Crippen molar-refractivity contribution >= 4 is 46.3 Å². The maximum Gasteiger partial charge on any atom is 0.269 e. The Morgan fingerprint density at radius 2 is 1.76 bits per heavy atom. The van der Waals surface area contributed by atoms with Gasteiger partial charge in [0.15, 0.2) is 11.0 Å². The Balaban J connectivity index is 1.23. The smallest absolute Gasteiger partial charge is 0.269 e. The van der Waals surface area contributed by atoms with Crippen LogP contribution in [0.4, 0.5) is 5.69 Å². The molecule has 49 heavy (non-hydrogen) atoms. The van der Waals surface area contributed by atoms with E-state index in [2.05, 4.69) is 15.5 Å². The van der Waals surface area contributed by atoms with Gasteiger partial charge in [-0.2, -0.15) is 5.10 Å². The van der Waals surface area contributed by atoms with E-state index >= 15 is 0 Å². The zero-order valence-electron chi connectivity index (χ0n) is 26.5. The van der Waals surface area contributed by atoms with Crippen molar-refractivity contribution < 1.29 is 24.0 Å². The third-order valence-electron chi connectivity index (χ3n) is 7.65. The van der Waals surface area contributed by atoms with Gasteiger partial charge < -0.3 is 14.8 Å². The molecule has 0 radical (unpaired) electrons. The van der Waals surface area contributed by atoms with Crippen LogP contribution in [-0.2, 0) is 11.3 Å². The minimum absolute atomic E-state index is 0.00464. The largest absolute Gasteiger partial charge is 0.497 e. The Hall–Kier alpha value is -5.54. The summed E-state index contributed by atoms with van der Waals surface area (Å²) in [4.78, 5) is 38.2. The first-order valence-corrected chi connectivity index (χ1v) is 17.1. The van der Waals surface area contributed by atoms with Crippen molar-refractivity contribution in [2.24, 2.45) is 5.10 Å². The van der Waals surface area contributed by atoms with Crippen LogP contribution in [0.3, 0.4) is 0 Å². The summed E-state index contributed by atoms with van der Waals surface area (Å²) in [6, 6.07) is 24.0. The fourth-order valence-electron chi connectivity index (χ4n) is 5.23. The number of nitro groups is 1. The van der Waals surface area contributed by atoms with Gasteiger partial charge in [0.1, 0.15) is 11.5 Å². The van der Waals surface area contributed by atoms with Crippen LogP contribution < -0.4 is 14.8 Å². The Morgan fingerprint density at radius 3 is 2.41 bits per heavy atom. The van der Waals surface area contributed by atoms with Crippen LogP contribution in [0.2, 0.25) is 0 Å². The SMILES string of the molecule is CCOc1ccc(-n2c(CNC(=O)c3ccc([N+](=O)[O-])cc3)nnc2SCC(=O)N2N=C(c3cccs3)C[C@@H]2c2ccc(OC)cc2)cc1. The number of hydrogen-bond acceptors (Lipinski definition) is 11. The average molecular weight is 698 g/mol. The highest BCUT2D eigenvalue weighted by molar-refractivity contribution is 7.99. The number of methoxy groups -OCH3 is 1. The summed E-state index contributed by atoms with van der Waals surface area (Å²) in [7, 11) is 1.61. The molecule has 5 aromatic rings. The maximum absolute atomic E-state index is 13.9. The molecule has 0 saturated heterocycles. The molecule has 250 valence electrons. The second kappa shape index (κ2) is 15.1. The van der Waals surface area contributed by atoms with Gasteiger partial charge in [-0.25, -0.2) is 5.01 Å². The summed E-state index contributed by atoms with van der Waals surface area (Å²) in [6.45, 7) is 2.42. The van der Waals surface area contributed by atoms with Crippen LogP contribution in [0.1, 0.15) is 46.0 Å². The molecule has 1 aliphatic rings. The fourth-order valence-corrected chi connectivity index (χ4v) is 6.78. The van der Waals surface area contributed by atoms with E-state index in [1.807, 2.05) is 73.0 Å². The van der Waals surface area contributed by atoms with Crippen molar-refractivity contribution in [2.45, 2.75) is 31.1 Å². The average Bonchev–Trinajstić information content (AvgIpc) is 3.91. The summed E-state index contributed by atoms with van der Waals surface area (Å²) in [5.41, 5.74) is 2.65. The zero-order valence-corrected chi connectivity index (χ0v) is 28.1. The van der Waals surface area contributed by atoms with E-state index in [-0.39, 0.29) is 35.5 Å². The number of ether oxygens (including phenoxy) is 2. The zero-order chi connectivity index (χ0) is 34.3. The molecular weight excluding hydrogens is 667 g/mol. The van der Waals surface area contributed by atoms with Gasteiger partial charge in [-0.05, 0) is 72.5 Å². The van der Waals surface area contributed by atoms with Gasteiger partial charge in [-0.15, -0.1) is 21.5 Å². The van der Waals surface area contributed by atoms with E-state index < -0.39 is 10.8 Å². The number of thioether (sulfide) groups is 1. The summed E-state index contributed by atoms with van der Waals surface area (Å²) in [6.07, 6.45) is 0.574. The summed E-state index contributed by atoms with van der Waals surface area (Å²) in [5, 5.41) is 31.3. The lowest BCUT2D eigenvalue weighted by molar-refractivity contribution is -0.384. The Labute approximate surface area is 289 Å². The Bertz CT molecular complexity index is 1960. The quantitative estimate of drug-likeness (QED) is 0.0881. The highest BCUT2D eigenvalue weighted by atomic mass is 32.2. The molecule has 0 unspecified atom stereocenters. The minimum atomic E-state index is -0.525. The van der Waals surface area contributed by atoms with Crippen LogP contribution in [0.5, 0.6) is 11.5 Å². The molecule has 1 N–H and O–H groups in total. The van der Waals surface area contributed by atoms with Crippen LogP contribution in [-0.4, -0.2) is 61.7 Å². The normalized spacial score (nSPS) is 14.0. The lowest BCUT2D eigenvalue weighted by Crippen LogP contribution is -2.28. The number of nitrogens with one attached hydrogen (secondary N) is 1. The van der Waals surface area contributed by atoms with Crippen molar-refractivity contribution in [1.29, 1.82) is 0 Å². The molecule has 0 bridgehead atoms. The number of hydrogen-bond donors (Lipinski definition) is 1. The molecule has 6 rings (SSSR count). The fraction of sp³-hybridized carbons (Fsp3) is 0.206. The maximum atomic E-state index is 13.9. The number of rotatable bonds is 13. The van der Waals surface area contributed by atoms with E-state index in [9.17, 15) is 19.7 Å². The van der Waals surface area contributed by atoms with Crippen LogP contribution in [0, 0.1) is 10.1 Å². The van der Waals surface area contributed by atoms with Crippen LogP contribution in [0.15, 0.2) is 101 Å². The minimum Gasteiger partial charge on any atom is -0.497 e. The topological polar surface area (TPSA) is 154 Å².